The van der Waals surface area contributed by atoms with Crippen LogP contribution in [-0.2, 0) is 4.79 Å². The van der Waals surface area contributed by atoms with Crippen molar-refractivity contribution >= 4 is 68.6 Å². The van der Waals surface area contributed by atoms with Crippen LogP contribution in [0.2, 0.25) is 10.0 Å². The smallest absolute Gasteiger partial charge is 0.264 e. The molecule has 28 heavy (non-hydrogen) atoms. The molecule has 3 aromatic rings. The third-order valence-electron chi connectivity index (χ3n) is 3.64. The average Bonchev–Trinajstić information content (AvgIpc) is 3.25. The summed E-state index contributed by atoms with van der Waals surface area (Å²) in [4.78, 5) is 16.9. The third-order valence-corrected chi connectivity index (χ3v) is 6.06. The molecule has 0 spiro atoms. The van der Waals surface area contributed by atoms with E-state index in [1.165, 1.54) is 6.07 Å². The number of rotatable bonds is 3. The van der Waals surface area contributed by atoms with Gasteiger partial charge in [-0.05, 0) is 42.1 Å². The number of aliphatic imine (C=N–C) groups is 1. The Balaban J connectivity index is 1.59. The number of nitrogens with zero attached hydrogens (tertiary/aromatic N) is 3. The highest BCUT2D eigenvalue weighted by Gasteiger charge is 2.25. The Labute approximate surface area is 177 Å². The second kappa shape index (κ2) is 8.00. The second-order valence-corrected chi connectivity index (χ2v) is 8.29. The van der Waals surface area contributed by atoms with E-state index in [0.29, 0.717) is 41.4 Å². The van der Waals surface area contributed by atoms with E-state index in [4.69, 9.17) is 23.2 Å². The largest absolute Gasteiger partial charge is 0.300 e. The molecule has 2 heterocycles. The fourth-order valence-corrected chi connectivity index (χ4v) is 4.47. The summed E-state index contributed by atoms with van der Waals surface area (Å²) in [7, 11) is 0. The van der Waals surface area contributed by atoms with Crippen LogP contribution < -0.4 is 5.32 Å². The number of amidine groups is 1. The first-order valence-electron chi connectivity index (χ1n) is 7.83. The topological polar surface area (TPSA) is 67.2 Å². The minimum Gasteiger partial charge on any atom is -0.300 e. The van der Waals surface area contributed by atoms with Gasteiger partial charge in [0.25, 0.3) is 5.91 Å². The number of nitrogens with one attached hydrogen (secondary N) is 1. The molecular weight excluding hydrogens is 442 g/mol. The second-order valence-electron chi connectivity index (χ2n) is 5.49. The van der Waals surface area contributed by atoms with E-state index in [0.717, 1.165) is 23.1 Å². The van der Waals surface area contributed by atoms with Gasteiger partial charge in [-0.25, -0.2) is 4.39 Å². The third kappa shape index (κ3) is 3.95. The molecule has 1 fully saturated rings. The van der Waals surface area contributed by atoms with Crippen molar-refractivity contribution in [3.63, 3.8) is 0 Å². The lowest BCUT2D eigenvalue weighted by Gasteiger charge is -2.01. The number of carbonyl (C=O) groups excluding carboxylic acids is 1. The van der Waals surface area contributed by atoms with Gasteiger partial charge in [0.2, 0.25) is 5.13 Å². The monoisotopic (exact) mass is 450 g/mol. The van der Waals surface area contributed by atoms with Crippen molar-refractivity contribution < 1.29 is 9.18 Å². The minimum absolute atomic E-state index is 0.304. The van der Waals surface area contributed by atoms with Crippen molar-refractivity contribution in [3.05, 3.63) is 68.8 Å². The van der Waals surface area contributed by atoms with E-state index in [1.807, 2.05) is 0 Å². The highest BCUT2D eigenvalue weighted by atomic mass is 35.5. The van der Waals surface area contributed by atoms with Gasteiger partial charge in [-0.2, -0.15) is 4.99 Å². The highest BCUT2D eigenvalue weighted by Crippen LogP contribution is 2.34. The van der Waals surface area contributed by atoms with Crippen LogP contribution in [0.3, 0.4) is 0 Å². The highest BCUT2D eigenvalue weighted by molar-refractivity contribution is 8.18. The lowest BCUT2D eigenvalue weighted by atomic mass is 10.2. The Morgan fingerprint density at radius 1 is 1.07 bits per heavy atom. The average molecular weight is 451 g/mol. The number of halogens is 3. The summed E-state index contributed by atoms with van der Waals surface area (Å²) in [6.45, 7) is 0. The number of hydrogen-bond donors (Lipinski definition) is 1. The first-order valence-corrected chi connectivity index (χ1v) is 10.2. The molecule has 1 saturated heterocycles. The normalized spacial score (nSPS) is 16.8. The van der Waals surface area contributed by atoms with Crippen molar-refractivity contribution in [2.45, 2.75) is 0 Å². The van der Waals surface area contributed by atoms with Crippen LogP contribution in [0.15, 0.2) is 52.4 Å². The first-order chi connectivity index (χ1) is 13.5. The summed E-state index contributed by atoms with van der Waals surface area (Å²) >= 11 is 14.6. The number of amides is 1. The molecule has 0 aliphatic carbocycles. The summed E-state index contributed by atoms with van der Waals surface area (Å²) in [6, 6.07) is 11.4. The van der Waals surface area contributed by atoms with Gasteiger partial charge in [0, 0.05) is 21.2 Å². The van der Waals surface area contributed by atoms with Crippen molar-refractivity contribution in [3.8, 4) is 10.6 Å². The molecule has 4 rings (SSSR count). The zero-order valence-electron chi connectivity index (χ0n) is 13.8. The van der Waals surface area contributed by atoms with Crippen LogP contribution >= 0.6 is 46.3 Å². The van der Waals surface area contributed by atoms with Gasteiger partial charge in [0.15, 0.2) is 10.2 Å². The van der Waals surface area contributed by atoms with Crippen molar-refractivity contribution in [1.82, 2.24) is 15.5 Å². The molecule has 1 aromatic heterocycles. The van der Waals surface area contributed by atoms with Crippen molar-refractivity contribution in [2.24, 2.45) is 4.99 Å². The standard InChI is InChI=1S/C18H9Cl2FN4OS2/c19-11-5-3-6-12(20)10(11)8-14-15(26)22-17(27-14)23-18-25-24-16(28-18)9-4-1-2-7-13(9)21/h1-8H,(H,22,23,25,26). The molecule has 10 heteroatoms. The molecular formula is C18H9Cl2FN4OS2. The number of aromatic nitrogens is 2. The Kier molecular flexibility index (Phi) is 5.45. The van der Waals surface area contributed by atoms with E-state index in [-0.39, 0.29) is 11.7 Å². The van der Waals surface area contributed by atoms with Crippen molar-refractivity contribution in [2.75, 3.05) is 0 Å². The molecule has 1 aliphatic rings. The fraction of sp³-hybridized carbons (Fsp3) is 0. The lowest BCUT2D eigenvalue weighted by molar-refractivity contribution is -0.115. The molecule has 0 bridgehead atoms. The zero-order valence-corrected chi connectivity index (χ0v) is 17.0. The Hall–Kier alpha value is -2.26. The fourth-order valence-electron chi connectivity index (χ4n) is 2.35. The lowest BCUT2D eigenvalue weighted by Crippen LogP contribution is -2.19. The van der Waals surface area contributed by atoms with Crippen LogP contribution in [-0.4, -0.2) is 21.3 Å². The van der Waals surface area contributed by atoms with Gasteiger partial charge < -0.3 is 5.32 Å². The summed E-state index contributed by atoms with van der Waals surface area (Å²) in [6.07, 6.45) is 1.61. The van der Waals surface area contributed by atoms with Crippen molar-refractivity contribution in [1.29, 1.82) is 0 Å². The Morgan fingerprint density at radius 3 is 2.57 bits per heavy atom. The maximum absolute atomic E-state index is 13.9. The van der Waals surface area contributed by atoms with Gasteiger partial charge in [-0.15, -0.1) is 10.2 Å². The molecule has 1 aliphatic heterocycles. The number of thioether (sulfide) groups is 1. The van der Waals surface area contributed by atoms with Crippen LogP contribution in [0.25, 0.3) is 16.6 Å². The molecule has 140 valence electrons. The molecule has 1 amide bonds. The van der Waals surface area contributed by atoms with E-state index >= 15 is 0 Å². The molecule has 0 unspecified atom stereocenters. The molecule has 1 N–H and O–H groups in total. The predicted molar refractivity (Wildman–Crippen MR) is 113 cm³/mol. The summed E-state index contributed by atoms with van der Waals surface area (Å²) in [5, 5.41) is 12.5. The summed E-state index contributed by atoms with van der Waals surface area (Å²) < 4.78 is 13.9. The number of carbonyl (C=O) groups is 1. The van der Waals surface area contributed by atoms with Crippen LogP contribution in [0, 0.1) is 5.82 Å². The van der Waals surface area contributed by atoms with E-state index in [1.54, 1.807) is 42.5 Å². The van der Waals surface area contributed by atoms with Gasteiger partial charge in [-0.1, -0.05) is 52.7 Å². The first kappa shape index (κ1) is 19.1. The molecule has 0 radical (unpaired) electrons. The van der Waals surface area contributed by atoms with Gasteiger partial charge in [-0.3, -0.25) is 4.79 Å². The van der Waals surface area contributed by atoms with E-state index in [2.05, 4.69) is 20.5 Å². The maximum atomic E-state index is 13.9. The van der Waals surface area contributed by atoms with Gasteiger partial charge in [0.05, 0.1) is 4.91 Å². The predicted octanol–water partition coefficient (Wildman–Crippen LogP) is 5.54. The van der Waals surface area contributed by atoms with Gasteiger partial charge >= 0.3 is 0 Å². The quantitative estimate of drug-likeness (QED) is 0.531. The van der Waals surface area contributed by atoms with E-state index < -0.39 is 0 Å². The maximum Gasteiger partial charge on any atom is 0.264 e. The Morgan fingerprint density at radius 2 is 1.82 bits per heavy atom. The Bertz CT molecular complexity index is 1130. The molecule has 2 aromatic carbocycles. The van der Waals surface area contributed by atoms with Gasteiger partial charge in [0.1, 0.15) is 5.82 Å². The number of benzene rings is 2. The molecule has 0 atom stereocenters. The number of hydrogen-bond acceptors (Lipinski definition) is 6. The van der Waals surface area contributed by atoms with E-state index in [9.17, 15) is 9.18 Å². The minimum atomic E-state index is -0.386. The molecule has 5 nitrogen and oxygen atoms in total. The van der Waals surface area contributed by atoms with Crippen LogP contribution in [0.4, 0.5) is 9.52 Å². The molecule has 0 saturated carbocycles. The summed E-state index contributed by atoms with van der Waals surface area (Å²) in [5.41, 5.74) is 0.908. The summed E-state index contributed by atoms with van der Waals surface area (Å²) in [5.74, 6) is -0.707. The van der Waals surface area contributed by atoms with Crippen LogP contribution in [0.5, 0.6) is 0 Å². The van der Waals surface area contributed by atoms with Crippen LogP contribution in [0.1, 0.15) is 5.56 Å². The SMILES string of the molecule is O=C1NC(=Nc2nnc(-c3ccccc3F)s2)SC1=Cc1c(Cl)cccc1Cl. The zero-order chi connectivity index (χ0) is 19.7.